The van der Waals surface area contributed by atoms with Crippen molar-refractivity contribution in [1.82, 2.24) is 10.2 Å². The van der Waals surface area contributed by atoms with Gasteiger partial charge in [-0.25, -0.2) is 0 Å². The Hall–Kier alpha value is -0.870. The van der Waals surface area contributed by atoms with Gasteiger partial charge in [0.15, 0.2) is 0 Å². The predicted molar refractivity (Wildman–Crippen MR) is 77.9 cm³/mol. The van der Waals surface area contributed by atoms with Gasteiger partial charge in [0.25, 0.3) is 0 Å². The average molecular weight is 268 g/mol. The summed E-state index contributed by atoms with van der Waals surface area (Å²) in [6.45, 7) is 10.5. The van der Waals surface area contributed by atoms with Gasteiger partial charge in [-0.1, -0.05) is 6.92 Å². The van der Waals surface area contributed by atoms with Crippen LogP contribution in [0.15, 0.2) is 12.1 Å². The number of carbonyl (C=O) groups excluding carboxylic acids is 1. The predicted octanol–water partition coefficient (Wildman–Crippen LogP) is 2.79. The summed E-state index contributed by atoms with van der Waals surface area (Å²) in [6, 6.07) is 4.66. The van der Waals surface area contributed by atoms with Crippen LogP contribution in [0.25, 0.3) is 0 Å². The van der Waals surface area contributed by atoms with Crippen molar-refractivity contribution in [2.24, 2.45) is 0 Å². The number of thiophene rings is 1. The van der Waals surface area contributed by atoms with Crippen molar-refractivity contribution >= 4 is 17.2 Å². The molecule has 102 valence electrons. The van der Waals surface area contributed by atoms with E-state index in [1.807, 2.05) is 0 Å². The lowest BCUT2D eigenvalue weighted by Crippen LogP contribution is -2.40. The molecule has 1 aromatic rings. The quantitative estimate of drug-likeness (QED) is 0.824. The number of aryl methyl sites for hydroxylation is 1. The number of amides is 1. The third-order valence-corrected chi connectivity index (χ3v) is 3.79. The lowest BCUT2D eigenvalue weighted by atomic mass is 10.3. The lowest BCUT2D eigenvalue weighted by molar-refractivity contribution is -0.122. The van der Waals surface area contributed by atoms with E-state index in [4.69, 9.17) is 0 Å². The molecule has 0 aliphatic heterocycles. The average Bonchev–Trinajstić information content (AvgIpc) is 2.71. The minimum absolute atomic E-state index is 0.124. The Balaban J connectivity index is 2.52. The fourth-order valence-corrected chi connectivity index (χ4v) is 2.61. The van der Waals surface area contributed by atoms with Crippen molar-refractivity contribution in [2.75, 3.05) is 13.1 Å². The molecule has 0 aliphatic rings. The molecule has 0 atom stereocenters. The van der Waals surface area contributed by atoms with Crippen LogP contribution >= 0.6 is 11.3 Å². The van der Waals surface area contributed by atoms with E-state index in [1.54, 1.807) is 11.3 Å². The summed E-state index contributed by atoms with van der Waals surface area (Å²) in [6.07, 6.45) is 0.984. The Morgan fingerprint density at radius 2 is 2.17 bits per heavy atom. The smallest absolute Gasteiger partial charge is 0.234 e. The number of nitrogens with one attached hydrogen (secondary N) is 1. The Labute approximate surface area is 114 Å². The monoisotopic (exact) mass is 268 g/mol. The van der Waals surface area contributed by atoms with Gasteiger partial charge in [0, 0.05) is 28.9 Å². The van der Waals surface area contributed by atoms with Gasteiger partial charge in [-0.05, 0) is 39.3 Å². The first-order valence-electron chi connectivity index (χ1n) is 6.59. The van der Waals surface area contributed by atoms with E-state index in [1.165, 1.54) is 9.75 Å². The Morgan fingerprint density at radius 1 is 1.44 bits per heavy atom. The van der Waals surface area contributed by atoms with E-state index in [0.29, 0.717) is 12.6 Å². The minimum atomic E-state index is 0.124. The molecule has 0 radical (unpaired) electrons. The van der Waals surface area contributed by atoms with Crippen molar-refractivity contribution < 1.29 is 4.79 Å². The van der Waals surface area contributed by atoms with E-state index in [2.05, 4.69) is 50.0 Å². The summed E-state index contributed by atoms with van der Waals surface area (Å²) in [5, 5.41) is 2.93. The molecule has 0 saturated carbocycles. The zero-order valence-electron chi connectivity index (χ0n) is 11.8. The van der Waals surface area contributed by atoms with Gasteiger partial charge >= 0.3 is 0 Å². The van der Waals surface area contributed by atoms with Gasteiger partial charge in [-0.2, -0.15) is 0 Å². The summed E-state index contributed by atoms with van der Waals surface area (Å²) < 4.78 is 0. The van der Waals surface area contributed by atoms with E-state index < -0.39 is 0 Å². The Morgan fingerprint density at radius 3 is 2.67 bits per heavy atom. The van der Waals surface area contributed by atoms with Crippen LogP contribution < -0.4 is 5.32 Å². The molecule has 0 aliphatic carbocycles. The summed E-state index contributed by atoms with van der Waals surface area (Å²) >= 11 is 1.81. The van der Waals surface area contributed by atoms with Gasteiger partial charge in [0.2, 0.25) is 5.91 Å². The topological polar surface area (TPSA) is 32.3 Å². The van der Waals surface area contributed by atoms with Crippen LogP contribution in [0.4, 0.5) is 0 Å². The lowest BCUT2D eigenvalue weighted by Gasteiger charge is -2.25. The first-order valence-corrected chi connectivity index (χ1v) is 7.40. The molecule has 0 saturated heterocycles. The molecule has 0 fully saturated rings. The maximum Gasteiger partial charge on any atom is 0.234 e. The van der Waals surface area contributed by atoms with Crippen LogP contribution in [0.3, 0.4) is 0 Å². The first kappa shape index (κ1) is 15.2. The van der Waals surface area contributed by atoms with Gasteiger partial charge in [0.05, 0.1) is 6.54 Å². The van der Waals surface area contributed by atoms with Crippen LogP contribution in [0.1, 0.15) is 36.9 Å². The molecule has 0 aromatic carbocycles. The van der Waals surface area contributed by atoms with E-state index in [0.717, 1.165) is 19.5 Å². The second kappa shape index (κ2) is 7.54. The van der Waals surface area contributed by atoms with Crippen LogP contribution in [0.2, 0.25) is 0 Å². The molecular formula is C14H24N2OS. The van der Waals surface area contributed by atoms with Crippen molar-refractivity contribution in [1.29, 1.82) is 0 Å². The number of carbonyl (C=O) groups is 1. The Kier molecular flexibility index (Phi) is 6.36. The van der Waals surface area contributed by atoms with E-state index in [-0.39, 0.29) is 5.91 Å². The van der Waals surface area contributed by atoms with Crippen molar-refractivity contribution in [3.8, 4) is 0 Å². The third kappa shape index (κ3) is 5.19. The number of hydrogen-bond acceptors (Lipinski definition) is 3. The second-order valence-corrected chi connectivity index (χ2v) is 6.23. The van der Waals surface area contributed by atoms with Crippen molar-refractivity contribution in [3.05, 3.63) is 21.9 Å². The molecule has 1 rings (SSSR count). The largest absolute Gasteiger partial charge is 0.355 e. The van der Waals surface area contributed by atoms with Gasteiger partial charge < -0.3 is 5.32 Å². The standard InChI is InChI=1S/C14H24N2OS/c1-5-8-15-14(17)10-16(11(2)3)9-13-7-6-12(4)18-13/h6-7,11H,5,8-10H2,1-4H3,(H,15,17). The van der Waals surface area contributed by atoms with Crippen LogP contribution in [-0.2, 0) is 11.3 Å². The molecule has 18 heavy (non-hydrogen) atoms. The summed E-state index contributed by atoms with van der Waals surface area (Å²) in [4.78, 5) is 16.6. The van der Waals surface area contributed by atoms with Gasteiger partial charge in [0.1, 0.15) is 0 Å². The number of hydrogen-bond donors (Lipinski definition) is 1. The highest BCUT2D eigenvalue weighted by Gasteiger charge is 2.14. The molecule has 0 bridgehead atoms. The molecule has 0 unspecified atom stereocenters. The number of rotatable bonds is 7. The molecule has 3 nitrogen and oxygen atoms in total. The van der Waals surface area contributed by atoms with Gasteiger partial charge in [-0.3, -0.25) is 9.69 Å². The normalized spacial score (nSPS) is 11.2. The molecular weight excluding hydrogens is 244 g/mol. The zero-order chi connectivity index (χ0) is 13.5. The van der Waals surface area contributed by atoms with E-state index in [9.17, 15) is 4.79 Å². The fourth-order valence-electron chi connectivity index (χ4n) is 1.70. The Bertz CT molecular complexity index is 374. The molecule has 1 amide bonds. The minimum Gasteiger partial charge on any atom is -0.355 e. The van der Waals surface area contributed by atoms with E-state index >= 15 is 0 Å². The second-order valence-electron chi connectivity index (χ2n) is 4.86. The summed E-state index contributed by atoms with van der Waals surface area (Å²) in [5.41, 5.74) is 0. The number of nitrogens with zero attached hydrogens (tertiary/aromatic N) is 1. The maximum atomic E-state index is 11.8. The summed E-state index contributed by atoms with van der Waals surface area (Å²) in [5.74, 6) is 0.124. The molecule has 4 heteroatoms. The maximum absolute atomic E-state index is 11.8. The molecule has 1 heterocycles. The highest BCUT2D eigenvalue weighted by atomic mass is 32.1. The van der Waals surface area contributed by atoms with Crippen LogP contribution in [-0.4, -0.2) is 29.9 Å². The van der Waals surface area contributed by atoms with Crippen LogP contribution in [0.5, 0.6) is 0 Å². The molecule has 1 N–H and O–H groups in total. The van der Waals surface area contributed by atoms with Crippen molar-refractivity contribution in [3.63, 3.8) is 0 Å². The van der Waals surface area contributed by atoms with Gasteiger partial charge in [-0.15, -0.1) is 11.3 Å². The summed E-state index contributed by atoms with van der Waals surface area (Å²) in [7, 11) is 0. The highest BCUT2D eigenvalue weighted by molar-refractivity contribution is 7.11. The first-order chi connectivity index (χ1) is 8.52. The van der Waals surface area contributed by atoms with Crippen molar-refractivity contribution in [2.45, 2.75) is 46.7 Å². The molecule has 1 aromatic heterocycles. The zero-order valence-corrected chi connectivity index (χ0v) is 12.6. The highest BCUT2D eigenvalue weighted by Crippen LogP contribution is 2.18. The van der Waals surface area contributed by atoms with Crippen LogP contribution in [0, 0.1) is 6.92 Å². The fraction of sp³-hybridized carbons (Fsp3) is 0.643. The molecule has 0 spiro atoms. The third-order valence-electron chi connectivity index (χ3n) is 2.80. The SMILES string of the molecule is CCCNC(=O)CN(Cc1ccc(C)s1)C(C)C.